The molecule has 0 saturated heterocycles. The van der Waals surface area contributed by atoms with Crippen molar-refractivity contribution in [2.75, 3.05) is 0 Å². The molecule has 0 atom stereocenters. The van der Waals surface area contributed by atoms with Gasteiger partial charge in [-0.2, -0.15) is 5.10 Å². The van der Waals surface area contributed by atoms with Crippen molar-refractivity contribution in [2.24, 2.45) is 0 Å². The van der Waals surface area contributed by atoms with Crippen molar-refractivity contribution in [3.05, 3.63) is 71.6 Å². The number of carbonyl (C=O) groups excluding carboxylic acids is 1. The minimum absolute atomic E-state index is 0.0121. The Morgan fingerprint density at radius 2 is 2.04 bits per heavy atom. The van der Waals surface area contributed by atoms with Crippen LogP contribution in [0.3, 0.4) is 0 Å². The summed E-state index contributed by atoms with van der Waals surface area (Å²) >= 11 is 0. The fourth-order valence-corrected chi connectivity index (χ4v) is 2.87. The Morgan fingerprint density at radius 3 is 2.75 bits per heavy atom. The number of nitrogens with zero attached hydrogens (tertiary/aromatic N) is 5. The van der Waals surface area contributed by atoms with Crippen molar-refractivity contribution in [1.82, 2.24) is 24.6 Å². The molecule has 0 spiro atoms. The van der Waals surface area contributed by atoms with Gasteiger partial charge in [0.05, 0.1) is 17.9 Å². The zero-order valence-corrected chi connectivity index (χ0v) is 13.4. The normalized spacial score (nSPS) is 13.1. The first-order valence-electron chi connectivity index (χ1n) is 7.97. The second-order valence-electron chi connectivity index (χ2n) is 5.77. The molecule has 0 saturated carbocycles. The zero-order chi connectivity index (χ0) is 16.5. The quantitative estimate of drug-likeness (QED) is 0.743. The van der Waals surface area contributed by atoms with E-state index in [0.717, 1.165) is 29.2 Å². The number of fused-ring (bicyclic) bond motifs is 1. The third-order valence-corrected chi connectivity index (χ3v) is 4.19. The average molecular weight is 319 g/mol. The fourth-order valence-electron chi connectivity index (χ4n) is 2.87. The van der Waals surface area contributed by atoms with E-state index in [9.17, 15) is 4.79 Å². The molecule has 4 rings (SSSR count). The van der Waals surface area contributed by atoms with Gasteiger partial charge < -0.3 is 4.90 Å². The van der Waals surface area contributed by atoms with Crippen LogP contribution in [0.2, 0.25) is 0 Å². The van der Waals surface area contributed by atoms with Crippen molar-refractivity contribution in [2.45, 2.75) is 26.4 Å². The average Bonchev–Trinajstić information content (AvgIpc) is 3.30. The lowest BCUT2D eigenvalue weighted by molar-refractivity contribution is 0.0750. The number of aromatic nitrogens is 4. The predicted molar refractivity (Wildman–Crippen MR) is 88.6 cm³/mol. The highest BCUT2D eigenvalue weighted by Gasteiger charge is 2.25. The van der Waals surface area contributed by atoms with Crippen molar-refractivity contribution >= 4 is 5.91 Å². The van der Waals surface area contributed by atoms with E-state index >= 15 is 0 Å². The number of hydrogen-bond donors (Lipinski definition) is 0. The molecule has 0 fully saturated rings. The van der Waals surface area contributed by atoms with Crippen LogP contribution in [-0.2, 0) is 19.5 Å². The first-order valence-corrected chi connectivity index (χ1v) is 7.97. The van der Waals surface area contributed by atoms with E-state index < -0.39 is 0 Å². The topological polar surface area (TPSA) is 63.9 Å². The summed E-state index contributed by atoms with van der Waals surface area (Å²) in [6, 6.07) is 9.35. The molecule has 3 heterocycles. The predicted octanol–water partition coefficient (Wildman–Crippen LogP) is 2.38. The summed E-state index contributed by atoms with van der Waals surface area (Å²) < 4.78 is 1.77. The Hall–Kier alpha value is -3.02. The highest BCUT2D eigenvalue weighted by molar-refractivity contribution is 5.94. The van der Waals surface area contributed by atoms with E-state index in [0.29, 0.717) is 18.7 Å². The van der Waals surface area contributed by atoms with Crippen molar-refractivity contribution in [3.8, 4) is 5.69 Å². The van der Waals surface area contributed by atoms with E-state index in [4.69, 9.17) is 0 Å². The smallest absolute Gasteiger partial charge is 0.254 e. The summed E-state index contributed by atoms with van der Waals surface area (Å²) in [4.78, 5) is 23.4. The number of carbonyl (C=O) groups is 1. The summed E-state index contributed by atoms with van der Waals surface area (Å²) in [6.07, 6.45) is 6.25. The van der Waals surface area contributed by atoms with E-state index in [1.54, 1.807) is 10.9 Å². The first kappa shape index (κ1) is 14.6. The molecule has 0 aliphatic carbocycles. The molecule has 0 N–H and O–H groups in total. The van der Waals surface area contributed by atoms with Gasteiger partial charge in [0.15, 0.2) is 0 Å². The number of amides is 1. The van der Waals surface area contributed by atoms with Gasteiger partial charge in [-0.05, 0) is 30.3 Å². The number of hydrogen-bond acceptors (Lipinski definition) is 4. The number of benzene rings is 1. The first-order chi connectivity index (χ1) is 11.7. The molecule has 24 heavy (non-hydrogen) atoms. The minimum atomic E-state index is 0.0121. The molecule has 0 unspecified atom stereocenters. The van der Waals surface area contributed by atoms with Crippen molar-refractivity contribution in [1.29, 1.82) is 0 Å². The molecule has 6 nitrogen and oxygen atoms in total. The van der Waals surface area contributed by atoms with E-state index in [-0.39, 0.29) is 5.91 Å². The molecule has 1 aliphatic rings. The second kappa shape index (κ2) is 5.88. The molecule has 0 bridgehead atoms. The number of aryl methyl sites for hydroxylation is 1. The van der Waals surface area contributed by atoms with Gasteiger partial charge in [-0.25, -0.2) is 14.6 Å². The highest BCUT2D eigenvalue weighted by Crippen LogP contribution is 2.22. The Morgan fingerprint density at radius 1 is 1.21 bits per heavy atom. The standard InChI is InChI=1S/C18H17N5O/c1-2-17-19-10-14-11-22(12-16(14)21-17)18(24)13-4-6-15(7-5-13)23-9-3-8-20-23/h3-10H,2,11-12H2,1H3. The van der Waals surface area contributed by atoms with Gasteiger partial charge in [0.1, 0.15) is 5.82 Å². The summed E-state index contributed by atoms with van der Waals surface area (Å²) in [5, 5.41) is 4.19. The molecule has 1 amide bonds. The molecule has 1 aromatic carbocycles. The summed E-state index contributed by atoms with van der Waals surface area (Å²) in [5.41, 5.74) is 3.60. The molecule has 120 valence electrons. The third kappa shape index (κ3) is 2.56. The van der Waals surface area contributed by atoms with Gasteiger partial charge in [0, 0.05) is 42.7 Å². The van der Waals surface area contributed by atoms with Gasteiger partial charge in [-0.3, -0.25) is 4.79 Å². The Bertz CT molecular complexity index is 871. The van der Waals surface area contributed by atoms with Gasteiger partial charge >= 0.3 is 0 Å². The lowest BCUT2D eigenvalue weighted by atomic mass is 10.2. The van der Waals surface area contributed by atoms with Crippen LogP contribution >= 0.6 is 0 Å². The lowest BCUT2D eigenvalue weighted by Gasteiger charge is -2.15. The van der Waals surface area contributed by atoms with Gasteiger partial charge in [-0.15, -0.1) is 0 Å². The molecule has 1 aliphatic heterocycles. The Balaban J connectivity index is 1.52. The van der Waals surface area contributed by atoms with Gasteiger partial charge in [-0.1, -0.05) is 6.92 Å². The maximum Gasteiger partial charge on any atom is 0.254 e. The van der Waals surface area contributed by atoms with Crippen molar-refractivity contribution in [3.63, 3.8) is 0 Å². The van der Waals surface area contributed by atoms with E-state index in [2.05, 4.69) is 15.1 Å². The molecule has 3 aromatic rings. The molecule has 2 aromatic heterocycles. The minimum Gasteiger partial charge on any atom is -0.328 e. The van der Waals surface area contributed by atoms with E-state index in [1.165, 1.54) is 0 Å². The molecular formula is C18H17N5O. The van der Waals surface area contributed by atoms with Crippen LogP contribution in [-0.4, -0.2) is 30.6 Å². The lowest BCUT2D eigenvalue weighted by Crippen LogP contribution is -2.25. The van der Waals surface area contributed by atoms with Crippen molar-refractivity contribution < 1.29 is 4.79 Å². The van der Waals surface area contributed by atoms with Gasteiger partial charge in [0.2, 0.25) is 0 Å². The fraction of sp³-hybridized carbons (Fsp3) is 0.222. The maximum absolute atomic E-state index is 12.7. The third-order valence-electron chi connectivity index (χ3n) is 4.19. The molecular weight excluding hydrogens is 302 g/mol. The SMILES string of the molecule is CCc1ncc2c(n1)CN(C(=O)c1ccc(-n3cccn3)cc1)C2. The van der Waals surface area contributed by atoms with E-state index in [1.807, 2.05) is 54.5 Å². The summed E-state index contributed by atoms with van der Waals surface area (Å²) in [7, 11) is 0. The Labute approximate surface area is 139 Å². The zero-order valence-electron chi connectivity index (χ0n) is 13.4. The van der Waals surface area contributed by atoms with Crippen LogP contribution in [0.5, 0.6) is 0 Å². The van der Waals surface area contributed by atoms with Crippen LogP contribution in [0.4, 0.5) is 0 Å². The molecule has 6 heteroatoms. The van der Waals surface area contributed by atoms with Crippen LogP contribution < -0.4 is 0 Å². The second-order valence-corrected chi connectivity index (χ2v) is 5.77. The number of rotatable bonds is 3. The Kier molecular flexibility index (Phi) is 3.57. The molecule has 0 radical (unpaired) electrons. The van der Waals surface area contributed by atoms with Gasteiger partial charge in [0.25, 0.3) is 5.91 Å². The van der Waals surface area contributed by atoms with Crippen LogP contribution in [0.1, 0.15) is 34.4 Å². The summed E-state index contributed by atoms with van der Waals surface area (Å²) in [5.74, 6) is 0.838. The van der Waals surface area contributed by atoms with Crippen LogP contribution in [0, 0.1) is 0 Å². The monoisotopic (exact) mass is 319 g/mol. The largest absolute Gasteiger partial charge is 0.328 e. The van der Waals surface area contributed by atoms with Crippen LogP contribution in [0.25, 0.3) is 5.69 Å². The maximum atomic E-state index is 12.7. The highest BCUT2D eigenvalue weighted by atomic mass is 16.2. The summed E-state index contributed by atoms with van der Waals surface area (Å²) in [6.45, 7) is 3.14. The van der Waals surface area contributed by atoms with Crippen LogP contribution in [0.15, 0.2) is 48.9 Å².